The molecule has 2 rings (SSSR count). The molecule has 2 amide bonds. The van der Waals surface area contributed by atoms with E-state index in [2.05, 4.69) is 10.6 Å². The third-order valence-corrected chi connectivity index (χ3v) is 4.84. The number of hydrogen-bond donors (Lipinski definition) is 2. The molecule has 0 fully saturated rings. The Bertz CT molecular complexity index is 795. The zero-order valence-electron chi connectivity index (χ0n) is 16.0. The Balaban J connectivity index is 1.81. The Morgan fingerprint density at radius 2 is 1.74 bits per heavy atom. The van der Waals surface area contributed by atoms with Crippen molar-refractivity contribution in [2.45, 2.75) is 39.7 Å². The minimum atomic E-state index is -0.530. The molecule has 0 aliphatic heterocycles. The summed E-state index contributed by atoms with van der Waals surface area (Å²) in [6.45, 7) is 8.19. The minimum absolute atomic E-state index is 0.159. The van der Waals surface area contributed by atoms with Crippen LogP contribution in [0, 0.1) is 12.7 Å². The summed E-state index contributed by atoms with van der Waals surface area (Å²) in [5.41, 5.74) is 1.33. The predicted molar refractivity (Wildman–Crippen MR) is 106 cm³/mol. The summed E-state index contributed by atoms with van der Waals surface area (Å²) in [6.07, 6.45) is 0.131. The van der Waals surface area contributed by atoms with Crippen molar-refractivity contribution >= 4 is 23.3 Å². The number of alkyl carbamates (subject to hydrolysis) is 1. The first-order valence-electron chi connectivity index (χ1n) is 8.77. The van der Waals surface area contributed by atoms with Gasteiger partial charge in [0, 0.05) is 18.0 Å². The van der Waals surface area contributed by atoms with Crippen molar-refractivity contribution in [3.63, 3.8) is 0 Å². The van der Waals surface area contributed by atoms with Gasteiger partial charge < -0.3 is 15.4 Å². The van der Waals surface area contributed by atoms with Crippen molar-refractivity contribution in [3.8, 4) is 10.4 Å². The van der Waals surface area contributed by atoms with Crippen molar-refractivity contribution in [1.82, 2.24) is 10.6 Å². The van der Waals surface area contributed by atoms with Crippen LogP contribution in [0.1, 0.15) is 42.4 Å². The number of ether oxygens (including phenoxy) is 1. The first kappa shape index (κ1) is 20.9. The smallest absolute Gasteiger partial charge is 0.407 e. The molecule has 146 valence electrons. The summed E-state index contributed by atoms with van der Waals surface area (Å²) in [6, 6.07) is 8.06. The summed E-state index contributed by atoms with van der Waals surface area (Å²) in [4.78, 5) is 25.4. The maximum Gasteiger partial charge on any atom is 0.407 e. The molecule has 0 unspecified atom stereocenters. The van der Waals surface area contributed by atoms with E-state index < -0.39 is 11.7 Å². The van der Waals surface area contributed by atoms with Gasteiger partial charge in [0.2, 0.25) is 0 Å². The van der Waals surface area contributed by atoms with Crippen molar-refractivity contribution < 1.29 is 18.7 Å². The summed E-state index contributed by atoms with van der Waals surface area (Å²) in [5.74, 6) is -0.445. The molecule has 27 heavy (non-hydrogen) atoms. The monoisotopic (exact) mass is 392 g/mol. The first-order valence-corrected chi connectivity index (χ1v) is 9.59. The molecule has 0 bridgehead atoms. The molecule has 2 aromatic rings. The van der Waals surface area contributed by atoms with Gasteiger partial charge in [0.05, 0.1) is 4.88 Å². The number of benzene rings is 1. The van der Waals surface area contributed by atoms with Crippen LogP contribution in [0.25, 0.3) is 10.4 Å². The highest BCUT2D eigenvalue weighted by Gasteiger charge is 2.16. The maximum absolute atomic E-state index is 13.1. The van der Waals surface area contributed by atoms with Gasteiger partial charge >= 0.3 is 6.09 Å². The molecular weight excluding hydrogens is 367 g/mol. The van der Waals surface area contributed by atoms with E-state index in [4.69, 9.17) is 4.74 Å². The second kappa shape index (κ2) is 8.99. The number of hydrogen-bond acceptors (Lipinski definition) is 4. The van der Waals surface area contributed by atoms with Gasteiger partial charge in [-0.05, 0) is 63.4 Å². The van der Waals surface area contributed by atoms with Gasteiger partial charge in [-0.3, -0.25) is 4.79 Å². The summed E-state index contributed by atoms with van der Waals surface area (Å²) in [7, 11) is 0. The van der Waals surface area contributed by atoms with Crippen LogP contribution in [-0.2, 0) is 4.74 Å². The van der Waals surface area contributed by atoms with Gasteiger partial charge in [-0.1, -0.05) is 12.1 Å². The summed E-state index contributed by atoms with van der Waals surface area (Å²) >= 11 is 1.38. The van der Waals surface area contributed by atoms with Crippen LogP contribution in [0.15, 0.2) is 30.3 Å². The van der Waals surface area contributed by atoms with E-state index in [0.29, 0.717) is 24.4 Å². The zero-order valence-corrected chi connectivity index (χ0v) is 16.8. The lowest BCUT2D eigenvalue weighted by Crippen LogP contribution is -2.34. The highest BCUT2D eigenvalue weighted by atomic mass is 32.1. The van der Waals surface area contributed by atoms with Crippen LogP contribution in [0.3, 0.4) is 0 Å². The molecule has 5 nitrogen and oxygen atoms in total. The maximum atomic E-state index is 13.1. The third kappa shape index (κ3) is 6.67. The van der Waals surface area contributed by atoms with Crippen molar-refractivity contribution in [2.75, 3.05) is 13.1 Å². The van der Waals surface area contributed by atoms with Crippen LogP contribution in [0.5, 0.6) is 0 Å². The van der Waals surface area contributed by atoms with Crippen LogP contribution >= 0.6 is 11.3 Å². The number of carbonyl (C=O) groups is 2. The van der Waals surface area contributed by atoms with E-state index in [0.717, 1.165) is 16.0 Å². The largest absolute Gasteiger partial charge is 0.444 e. The molecule has 0 saturated heterocycles. The third-order valence-electron chi connectivity index (χ3n) is 3.56. The molecule has 1 heterocycles. The highest BCUT2D eigenvalue weighted by Crippen LogP contribution is 2.32. The van der Waals surface area contributed by atoms with Crippen LogP contribution in [0.2, 0.25) is 0 Å². The lowest BCUT2D eigenvalue weighted by atomic mass is 10.1. The van der Waals surface area contributed by atoms with Crippen LogP contribution in [0.4, 0.5) is 9.18 Å². The Morgan fingerprint density at radius 3 is 2.37 bits per heavy atom. The molecule has 0 aliphatic rings. The normalized spacial score (nSPS) is 11.1. The number of aryl methyl sites for hydroxylation is 1. The van der Waals surface area contributed by atoms with Gasteiger partial charge in [0.15, 0.2) is 0 Å². The molecule has 1 aromatic carbocycles. The van der Waals surface area contributed by atoms with Gasteiger partial charge in [0.25, 0.3) is 5.91 Å². The second-order valence-electron chi connectivity index (χ2n) is 7.17. The van der Waals surface area contributed by atoms with Crippen LogP contribution < -0.4 is 10.6 Å². The Morgan fingerprint density at radius 1 is 1.11 bits per heavy atom. The van der Waals surface area contributed by atoms with E-state index in [1.165, 1.54) is 23.5 Å². The first-order chi connectivity index (χ1) is 12.7. The molecule has 0 atom stereocenters. The van der Waals surface area contributed by atoms with Gasteiger partial charge in [-0.15, -0.1) is 11.3 Å². The number of carbonyl (C=O) groups excluding carboxylic acids is 2. The van der Waals surface area contributed by atoms with Gasteiger partial charge in [-0.2, -0.15) is 0 Å². The molecule has 0 spiro atoms. The van der Waals surface area contributed by atoms with Crippen molar-refractivity contribution in [3.05, 3.63) is 46.6 Å². The zero-order chi connectivity index (χ0) is 20.0. The molecular formula is C20H25FN2O3S. The fourth-order valence-electron chi connectivity index (χ4n) is 2.36. The number of thiophene rings is 1. The fourth-order valence-corrected chi connectivity index (χ4v) is 3.46. The van der Waals surface area contributed by atoms with E-state index in [9.17, 15) is 14.0 Å². The Hall–Kier alpha value is -2.41. The topological polar surface area (TPSA) is 67.4 Å². The average Bonchev–Trinajstić information content (AvgIpc) is 2.95. The molecule has 1 aromatic heterocycles. The molecule has 7 heteroatoms. The molecule has 0 radical (unpaired) electrons. The van der Waals surface area contributed by atoms with Crippen molar-refractivity contribution in [1.29, 1.82) is 0 Å². The number of halogens is 1. The predicted octanol–water partition coefficient (Wildman–Crippen LogP) is 4.51. The SMILES string of the molecule is Cc1cc(C(=O)NCCCNC(=O)OC(C)(C)C)sc1-c1ccc(F)cc1. The number of nitrogens with one attached hydrogen (secondary N) is 2. The van der Waals surface area contributed by atoms with Crippen molar-refractivity contribution in [2.24, 2.45) is 0 Å². The van der Waals surface area contributed by atoms with Gasteiger partial charge in [0.1, 0.15) is 11.4 Å². The molecule has 2 N–H and O–H groups in total. The minimum Gasteiger partial charge on any atom is -0.444 e. The standard InChI is InChI=1S/C20H25FN2O3S/c1-13-12-16(27-17(13)14-6-8-15(21)9-7-14)18(24)22-10-5-11-23-19(25)26-20(2,3)4/h6-9,12H,5,10-11H2,1-4H3,(H,22,24)(H,23,25). The molecule has 0 saturated carbocycles. The average molecular weight is 392 g/mol. The van der Waals surface area contributed by atoms with E-state index >= 15 is 0 Å². The number of rotatable bonds is 6. The molecule has 0 aliphatic carbocycles. The van der Waals surface area contributed by atoms with E-state index in [-0.39, 0.29) is 11.7 Å². The van der Waals surface area contributed by atoms with Gasteiger partial charge in [-0.25, -0.2) is 9.18 Å². The van der Waals surface area contributed by atoms with E-state index in [1.807, 2.05) is 13.0 Å². The lowest BCUT2D eigenvalue weighted by molar-refractivity contribution is 0.0527. The summed E-state index contributed by atoms with van der Waals surface area (Å²) in [5, 5.41) is 5.49. The fraction of sp³-hybridized carbons (Fsp3) is 0.400. The second-order valence-corrected chi connectivity index (χ2v) is 8.22. The Labute approximate surface area is 162 Å². The number of amides is 2. The quantitative estimate of drug-likeness (QED) is 0.711. The summed E-state index contributed by atoms with van der Waals surface area (Å²) < 4.78 is 18.2. The highest BCUT2D eigenvalue weighted by molar-refractivity contribution is 7.17. The van der Waals surface area contributed by atoms with E-state index in [1.54, 1.807) is 32.9 Å². The van der Waals surface area contributed by atoms with Crippen LogP contribution in [-0.4, -0.2) is 30.7 Å². The lowest BCUT2D eigenvalue weighted by Gasteiger charge is -2.19. The Kier molecular flexibility index (Phi) is 6.96.